The molecule has 1 fully saturated rings. The van der Waals surface area contributed by atoms with Gasteiger partial charge in [0, 0.05) is 16.8 Å². The maximum absolute atomic E-state index is 13.1. The molecule has 2 nitrogen and oxygen atoms in total. The lowest BCUT2D eigenvalue weighted by atomic mass is 9.76. The van der Waals surface area contributed by atoms with Gasteiger partial charge in [-0.3, -0.25) is 4.79 Å². The van der Waals surface area contributed by atoms with E-state index in [9.17, 15) is 18.0 Å². The van der Waals surface area contributed by atoms with E-state index in [0.717, 1.165) is 36.6 Å². The molecule has 0 amide bonds. The number of benzene rings is 2. The average Bonchev–Trinajstić information content (AvgIpc) is 2.68. The number of alkyl halides is 3. The number of carbonyl (C=O) groups excluding carboxylic acids is 1. The van der Waals surface area contributed by atoms with E-state index >= 15 is 0 Å². The van der Waals surface area contributed by atoms with Gasteiger partial charge in [0.1, 0.15) is 0 Å². The lowest BCUT2D eigenvalue weighted by Crippen LogP contribution is -2.38. The molecule has 1 N–H and O–H groups in total. The molecule has 0 atom stereocenters. The molecule has 5 heteroatoms. The molecule has 0 unspecified atom stereocenters. The summed E-state index contributed by atoms with van der Waals surface area (Å²) in [6, 6.07) is 10.4. The van der Waals surface area contributed by atoms with Crippen molar-refractivity contribution in [3.63, 3.8) is 0 Å². The van der Waals surface area contributed by atoms with Crippen LogP contribution in [0.1, 0.15) is 61.9 Å². The van der Waals surface area contributed by atoms with Gasteiger partial charge in [0.05, 0.1) is 5.56 Å². The molecule has 0 heterocycles. The minimum absolute atomic E-state index is 0.0422. The molecule has 3 rings (SSSR count). The van der Waals surface area contributed by atoms with Crippen molar-refractivity contribution in [3.8, 4) is 11.1 Å². The summed E-state index contributed by atoms with van der Waals surface area (Å²) in [6.45, 7) is 4.41. The molecule has 150 valence electrons. The van der Waals surface area contributed by atoms with Crippen LogP contribution in [0.4, 0.5) is 18.9 Å². The van der Waals surface area contributed by atoms with Crippen LogP contribution < -0.4 is 5.32 Å². The Balaban J connectivity index is 1.90. The van der Waals surface area contributed by atoms with Gasteiger partial charge in [-0.15, -0.1) is 0 Å². The lowest BCUT2D eigenvalue weighted by molar-refractivity contribution is -0.137. The van der Waals surface area contributed by atoms with Crippen LogP contribution in [0.3, 0.4) is 0 Å². The number of aldehydes is 1. The molecule has 1 aliphatic rings. The van der Waals surface area contributed by atoms with Gasteiger partial charge in [-0.25, -0.2) is 0 Å². The van der Waals surface area contributed by atoms with Crippen LogP contribution in [0.5, 0.6) is 0 Å². The summed E-state index contributed by atoms with van der Waals surface area (Å²) < 4.78 is 39.3. The quantitative estimate of drug-likeness (QED) is 0.560. The Kier molecular flexibility index (Phi) is 5.82. The van der Waals surface area contributed by atoms with Gasteiger partial charge in [-0.05, 0) is 80.0 Å². The highest BCUT2D eigenvalue weighted by Crippen LogP contribution is 2.37. The van der Waals surface area contributed by atoms with Crippen molar-refractivity contribution >= 4 is 12.0 Å². The van der Waals surface area contributed by atoms with E-state index in [1.165, 1.54) is 25.3 Å². The van der Waals surface area contributed by atoms with Gasteiger partial charge in [-0.2, -0.15) is 13.2 Å². The number of hydrogen-bond acceptors (Lipinski definition) is 2. The first-order valence-corrected chi connectivity index (χ1v) is 9.79. The first-order chi connectivity index (χ1) is 13.2. The van der Waals surface area contributed by atoms with Gasteiger partial charge in [0.15, 0.2) is 6.29 Å². The van der Waals surface area contributed by atoms with Crippen LogP contribution in [-0.4, -0.2) is 11.8 Å². The second kappa shape index (κ2) is 7.98. The molecule has 0 radical (unpaired) electrons. The van der Waals surface area contributed by atoms with Crippen molar-refractivity contribution in [3.05, 3.63) is 53.6 Å². The Labute approximate surface area is 164 Å². The molecule has 0 bridgehead atoms. The van der Waals surface area contributed by atoms with E-state index in [-0.39, 0.29) is 5.54 Å². The van der Waals surface area contributed by atoms with E-state index in [1.807, 2.05) is 6.07 Å². The lowest BCUT2D eigenvalue weighted by Gasteiger charge is -2.39. The highest BCUT2D eigenvalue weighted by molar-refractivity contribution is 5.89. The fraction of sp³-hybridized carbons (Fsp3) is 0.435. The number of anilines is 1. The fourth-order valence-corrected chi connectivity index (χ4v) is 4.05. The summed E-state index contributed by atoms with van der Waals surface area (Å²) in [5, 5.41) is 3.57. The van der Waals surface area contributed by atoms with E-state index in [2.05, 4.69) is 19.2 Å². The molecule has 1 aliphatic carbocycles. The SMILES string of the molecule is CCC1CCC(C)(Nc2ccc(C=O)c(-c3cccc(C(F)(F)F)c3)c2)CC1. The Hall–Kier alpha value is -2.30. The third kappa shape index (κ3) is 4.57. The minimum Gasteiger partial charge on any atom is -0.380 e. The van der Waals surface area contributed by atoms with Crippen molar-refractivity contribution in [2.75, 3.05) is 5.32 Å². The van der Waals surface area contributed by atoms with Crippen LogP contribution in [0.25, 0.3) is 11.1 Å². The standard InChI is InChI=1S/C23H26F3NO/c1-3-16-9-11-22(2,12-10-16)27-20-8-7-18(15-28)21(14-20)17-5-4-6-19(13-17)23(24,25)26/h4-8,13-16,27H,3,9-12H2,1-2H3. The van der Waals surface area contributed by atoms with Crippen LogP contribution in [0, 0.1) is 5.92 Å². The number of halogens is 3. The van der Waals surface area contributed by atoms with E-state index in [0.29, 0.717) is 23.0 Å². The van der Waals surface area contributed by atoms with Crippen LogP contribution in [0.15, 0.2) is 42.5 Å². The largest absolute Gasteiger partial charge is 0.416 e. The Morgan fingerprint density at radius 3 is 2.46 bits per heavy atom. The van der Waals surface area contributed by atoms with Gasteiger partial charge in [0.25, 0.3) is 0 Å². The smallest absolute Gasteiger partial charge is 0.380 e. The highest BCUT2D eigenvalue weighted by Gasteiger charge is 2.31. The number of rotatable bonds is 5. The zero-order valence-electron chi connectivity index (χ0n) is 16.3. The fourth-order valence-electron chi connectivity index (χ4n) is 4.05. The molecule has 2 aromatic carbocycles. The van der Waals surface area contributed by atoms with Gasteiger partial charge in [-0.1, -0.05) is 25.5 Å². The molecule has 0 aliphatic heterocycles. The summed E-state index contributed by atoms with van der Waals surface area (Å²) in [5.74, 6) is 0.771. The first-order valence-electron chi connectivity index (χ1n) is 9.79. The van der Waals surface area contributed by atoms with Crippen LogP contribution >= 0.6 is 0 Å². The first kappa shape index (κ1) is 20.4. The van der Waals surface area contributed by atoms with Crippen molar-refractivity contribution in [2.45, 2.75) is 57.7 Å². The van der Waals surface area contributed by atoms with E-state index in [1.54, 1.807) is 18.2 Å². The predicted molar refractivity (Wildman–Crippen MR) is 107 cm³/mol. The molecule has 2 aromatic rings. The maximum atomic E-state index is 13.1. The summed E-state index contributed by atoms with van der Waals surface area (Å²) in [6.07, 6.45) is 1.93. The Morgan fingerprint density at radius 2 is 1.86 bits per heavy atom. The molecular weight excluding hydrogens is 363 g/mol. The molecule has 0 aromatic heterocycles. The highest BCUT2D eigenvalue weighted by atomic mass is 19.4. The number of nitrogens with one attached hydrogen (secondary N) is 1. The third-order valence-corrected chi connectivity index (χ3v) is 5.91. The zero-order valence-corrected chi connectivity index (χ0v) is 16.3. The molecule has 0 saturated heterocycles. The predicted octanol–water partition coefficient (Wildman–Crippen LogP) is 6.96. The van der Waals surface area contributed by atoms with E-state index < -0.39 is 11.7 Å². The maximum Gasteiger partial charge on any atom is 0.416 e. The molecule has 28 heavy (non-hydrogen) atoms. The van der Waals surface area contributed by atoms with Crippen molar-refractivity contribution in [1.82, 2.24) is 0 Å². The van der Waals surface area contributed by atoms with Gasteiger partial charge in [0.2, 0.25) is 0 Å². The Bertz CT molecular complexity index is 836. The topological polar surface area (TPSA) is 29.1 Å². The second-order valence-electron chi connectivity index (χ2n) is 8.04. The van der Waals surface area contributed by atoms with Crippen LogP contribution in [-0.2, 0) is 6.18 Å². The second-order valence-corrected chi connectivity index (χ2v) is 8.04. The van der Waals surface area contributed by atoms with Crippen LogP contribution in [0.2, 0.25) is 0 Å². The molecular formula is C23H26F3NO. The van der Waals surface area contributed by atoms with Gasteiger partial charge >= 0.3 is 6.18 Å². The molecule has 1 saturated carbocycles. The monoisotopic (exact) mass is 389 g/mol. The summed E-state index contributed by atoms with van der Waals surface area (Å²) in [4.78, 5) is 11.5. The average molecular weight is 389 g/mol. The minimum atomic E-state index is -4.42. The normalized spacial score (nSPS) is 22.7. The van der Waals surface area contributed by atoms with Crippen molar-refractivity contribution < 1.29 is 18.0 Å². The zero-order chi connectivity index (χ0) is 20.4. The summed E-state index contributed by atoms with van der Waals surface area (Å²) in [5.41, 5.74) is 1.35. The van der Waals surface area contributed by atoms with Gasteiger partial charge < -0.3 is 5.32 Å². The Morgan fingerprint density at radius 1 is 1.14 bits per heavy atom. The molecule has 0 spiro atoms. The number of carbonyl (C=O) groups is 1. The van der Waals surface area contributed by atoms with E-state index in [4.69, 9.17) is 0 Å². The van der Waals surface area contributed by atoms with Crippen molar-refractivity contribution in [2.24, 2.45) is 5.92 Å². The third-order valence-electron chi connectivity index (χ3n) is 5.91. The van der Waals surface area contributed by atoms with Crippen molar-refractivity contribution in [1.29, 1.82) is 0 Å². The summed E-state index contributed by atoms with van der Waals surface area (Å²) >= 11 is 0. The summed E-state index contributed by atoms with van der Waals surface area (Å²) in [7, 11) is 0. The number of hydrogen-bond donors (Lipinski definition) is 1.